The predicted molar refractivity (Wildman–Crippen MR) is 48.7 cm³/mol. The second-order valence-corrected chi connectivity index (χ2v) is 3.48. The van der Waals surface area contributed by atoms with Crippen molar-refractivity contribution in [1.29, 1.82) is 0 Å². The monoisotopic (exact) mass is 193 g/mol. The first-order valence-corrected chi connectivity index (χ1v) is 4.31. The second-order valence-electron chi connectivity index (χ2n) is 3.48. The minimum atomic E-state index is 0. The molecule has 0 spiro atoms. The lowest BCUT2D eigenvalue weighted by atomic mass is 10.2. The number of aliphatic hydroxyl groups is 1. The third-order valence-corrected chi connectivity index (χ3v) is 2.80. The molecule has 0 radical (unpaired) electrons. The predicted octanol–water partition coefficient (Wildman–Crippen LogP) is 0.265. The van der Waals surface area contributed by atoms with Gasteiger partial charge in [-0.15, -0.1) is 12.4 Å². The summed E-state index contributed by atoms with van der Waals surface area (Å²) in [5.74, 6) is 0. The summed E-state index contributed by atoms with van der Waals surface area (Å²) in [7, 11) is 0. The summed E-state index contributed by atoms with van der Waals surface area (Å²) in [6, 6.07) is 0. The number of hydrogen-bond acceptors (Lipinski definition) is 3. The standard InChI is InChI=1S/C8H15NO2.ClH/c10-7-8(1-2-8)9-3-5-11-6-4-9;/h10H,1-7H2;1H. The molecule has 1 saturated heterocycles. The van der Waals surface area contributed by atoms with E-state index in [1.54, 1.807) is 0 Å². The van der Waals surface area contributed by atoms with E-state index in [4.69, 9.17) is 9.84 Å². The third-order valence-electron chi connectivity index (χ3n) is 2.80. The summed E-state index contributed by atoms with van der Waals surface area (Å²) in [6.45, 7) is 4.00. The van der Waals surface area contributed by atoms with Crippen molar-refractivity contribution in [2.45, 2.75) is 18.4 Å². The van der Waals surface area contributed by atoms with Crippen LogP contribution in [0.4, 0.5) is 0 Å². The molecule has 0 aromatic rings. The molecule has 1 saturated carbocycles. The van der Waals surface area contributed by atoms with Crippen molar-refractivity contribution in [3.05, 3.63) is 0 Å². The van der Waals surface area contributed by atoms with Gasteiger partial charge in [0.15, 0.2) is 0 Å². The molecule has 4 heteroatoms. The Bertz CT molecular complexity index is 144. The van der Waals surface area contributed by atoms with Gasteiger partial charge in [-0.05, 0) is 12.8 Å². The average molecular weight is 194 g/mol. The van der Waals surface area contributed by atoms with Gasteiger partial charge < -0.3 is 9.84 Å². The highest BCUT2D eigenvalue weighted by molar-refractivity contribution is 5.85. The largest absolute Gasteiger partial charge is 0.394 e. The van der Waals surface area contributed by atoms with Crippen LogP contribution in [0.15, 0.2) is 0 Å². The topological polar surface area (TPSA) is 32.7 Å². The quantitative estimate of drug-likeness (QED) is 0.683. The number of ether oxygens (including phenoxy) is 1. The van der Waals surface area contributed by atoms with Gasteiger partial charge >= 0.3 is 0 Å². The van der Waals surface area contributed by atoms with Gasteiger partial charge in [0.25, 0.3) is 0 Å². The van der Waals surface area contributed by atoms with Crippen molar-refractivity contribution in [3.8, 4) is 0 Å². The van der Waals surface area contributed by atoms with E-state index >= 15 is 0 Å². The fraction of sp³-hybridized carbons (Fsp3) is 1.00. The minimum Gasteiger partial charge on any atom is -0.394 e. The molecule has 1 aliphatic carbocycles. The van der Waals surface area contributed by atoms with Crippen molar-refractivity contribution in [3.63, 3.8) is 0 Å². The van der Waals surface area contributed by atoms with Crippen LogP contribution in [0.5, 0.6) is 0 Å². The van der Waals surface area contributed by atoms with Crippen LogP contribution in [-0.4, -0.2) is 48.5 Å². The Kier molecular flexibility index (Phi) is 3.35. The van der Waals surface area contributed by atoms with E-state index in [1.165, 1.54) is 12.8 Å². The van der Waals surface area contributed by atoms with Crippen molar-refractivity contribution in [1.82, 2.24) is 4.90 Å². The number of halogens is 1. The van der Waals surface area contributed by atoms with E-state index in [2.05, 4.69) is 4.90 Å². The zero-order valence-electron chi connectivity index (χ0n) is 7.16. The minimum absolute atomic E-state index is 0. The van der Waals surface area contributed by atoms with E-state index in [-0.39, 0.29) is 17.9 Å². The van der Waals surface area contributed by atoms with Crippen molar-refractivity contribution < 1.29 is 9.84 Å². The second kappa shape index (κ2) is 3.92. The molecule has 1 aliphatic heterocycles. The third kappa shape index (κ3) is 1.74. The molecule has 0 unspecified atom stereocenters. The fourth-order valence-electron chi connectivity index (χ4n) is 1.76. The van der Waals surface area contributed by atoms with Gasteiger partial charge in [-0.2, -0.15) is 0 Å². The Morgan fingerprint density at radius 1 is 1.25 bits per heavy atom. The summed E-state index contributed by atoms with van der Waals surface area (Å²) >= 11 is 0. The van der Waals surface area contributed by atoms with Crippen LogP contribution in [-0.2, 0) is 4.74 Å². The Hall–Kier alpha value is 0.170. The first-order valence-electron chi connectivity index (χ1n) is 4.31. The van der Waals surface area contributed by atoms with Gasteiger partial charge in [0.1, 0.15) is 0 Å². The molecular weight excluding hydrogens is 178 g/mol. The SMILES string of the molecule is Cl.OCC1(N2CCOCC2)CC1. The molecule has 0 aromatic heterocycles. The number of nitrogens with zero attached hydrogens (tertiary/aromatic N) is 1. The Morgan fingerprint density at radius 3 is 2.25 bits per heavy atom. The van der Waals surface area contributed by atoms with Crippen molar-refractivity contribution >= 4 is 12.4 Å². The van der Waals surface area contributed by atoms with Crippen LogP contribution in [0.2, 0.25) is 0 Å². The summed E-state index contributed by atoms with van der Waals surface area (Å²) in [6.07, 6.45) is 2.34. The van der Waals surface area contributed by atoms with Gasteiger partial charge in [-0.1, -0.05) is 0 Å². The van der Waals surface area contributed by atoms with Gasteiger partial charge in [-0.25, -0.2) is 0 Å². The molecule has 1 heterocycles. The number of rotatable bonds is 2. The molecule has 2 aliphatic rings. The maximum Gasteiger partial charge on any atom is 0.0615 e. The van der Waals surface area contributed by atoms with Gasteiger partial charge in [0.05, 0.1) is 19.8 Å². The molecule has 12 heavy (non-hydrogen) atoms. The van der Waals surface area contributed by atoms with Gasteiger partial charge in [-0.3, -0.25) is 4.90 Å². The number of morpholine rings is 1. The first kappa shape index (κ1) is 10.3. The van der Waals surface area contributed by atoms with Gasteiger partial charge in [0, 0.05) is 18.6 Å². The molecule has 72 valence electrons. The molecular formula is C8H16ClNO2. The van der Waals surface area contributed by atoms with Crippen LogP contribution in [0, 0.1) is 0 Å². The smallest absolute Gasteiger partial charge is 0.0615 e. The summed E-state index contributed by atoms with van der Waals surface area (Å²) in [5.41, 5.74) is 0.170. The summed E-state index contributed by atoms with van der Waals surface area (Å²) in [4.78, 5) is 2.37. The molecule has 2 rings (SSSR count). The molecule has 0 amide bonds. The van der Waals surface area contributed by atoms with Crippen molar-refractivity contribution in [2.75, 3.05) is 32.9 Å². The molecule has 0 atom stereocenters. The summed E-state index contributed by atoms with van der Waals surface area (Å²) < 4.78 is 5.24. The average Bonchev–Trinajstić information content (AvgIpc) is 2.86. The molecule has 2 fully saturated rings. The highest BCUT2D eigenvalue weighted by atomic mass is 35.5. The lowest BCUT2D eigenvalue weighted by molar-refractivity contribution is -0.00552. The van der Waals surface area contributed by atoms with Crippen LogP contribution < -0.4 is 0 Å². The molecule has 0 aromatic carbocycles. The van der Waals surface area contributed by atoms with E-state index in [9.17, 15) is 0 Å². The lowest BCUT2D eigenvalue weighted by Crippen LogP contribution is -2.46. The Morgan fingerprint density at radius 2 is 1.83 bits per heavy atom. The zero-order valence-corrected chi connectivity index (χ0v) is 7.98. The fourth-order valence-corrected chi connectivity index (χ4v) is 1.76. The van der Waals surface area contributed by atoms with Crippen LogP contribution in [0.3, 0.4) is 0 Å². The van der Waals surface area contributed by atoms with Gasteiger partial charge in [0.2, 0.25) is 0 Å². The maximum atomic E-state index is 9.13. The van der Waals surface area contributed by atoms with E-state index in [0.29, 0.717) is 6.61 Å². The number of hydrogen-bond donors (Lipinski definition) is 1. The van der Waals surface area contributed by atoms with Crippen LogP contribution in [0.25, 0.3) is 0 Å². The van der Waals surface area contributed by atoms with E-state index in [1.807, 2.05) is 0 Å². The lowest BCUT2D eigenvalue weighted by Gasteiger charge is -2.33. The van der Waals surface area contributed by atoms with E-state index < -0.39 is 0 Å². The van der Waals surface area contributed by atoms with Crippen LogP contribution in [0.1, 0.15) is 12.8 Å². The maximum absolute atomic E-state index is 9.13. The highest BCUT2D eigenvalue weighted by Crippen LogP contribution is 2.41. The zero-order chi connectivity index (χ0) is 7.73. The molecule has 1 N–H and O–H groups in total. The highest BCUT2D eigenvalue weighted by Gasteiger charge is 2.47. The van der Waals surface area contributed by atoms with Crippen LogP contribution >= 0.6 is 12.4 Å². The summed E-state index contributed by atoms with van der Waals surface area (Å²) in [5, 5.41) is 9.13. The molecule has 0 bridgehead atoms. The number of aliphatic hydroxyl groups excluding tert-OH is 1. The normalized spacial score (nSPS) is 27.8. The van der Waals surface area contributed by atoms with E-state index in [0.717, 1.165) is 26.3 Å². The Balaban J connectivity index is 0.000000720. The first-order chi connectivity index (χ1) is 5.37. The van der Waals surface area contributed by atoms with Crippen molar-refractivity contribution in [2.24, 2.45) is 0 Å². The Labute approximate surface area is 79.1 Å². The molecule has 3 nitrogen and oxygen atoms in total.